The zero-order valence-electron chi connectivity index (χ0n) is 11.4. The summed E-state index contributed by atoms with van der Waals surface area (Å²) < 4.78 is 10.5. The van der Waals surface area contributed by atoms with Crippen LogP contribution in [0.3, 0.4) is 0 Å². The van der Waals surface area contributed by atoms with Crippen LogP contribution >= 0.6 is 0 Å². The summed E-state index contributed by atoms with van der Waals surface area (Å²) in [6, 6.07) is 17.4. The quantitative estimate of drug-likeness (QED) is 0.503. The van der Waals surface area contributed by atoms with Gasteiger partial charge >= 0.3 is 11.3 Å². The lowest BCUT2D eigenvalue weighted by Crippen LogP contribution is -1.96. The molecule has 0 radical (unpaired) electrons. The van der Waals surface area contributed by atoms with Crippen LogP contribution in [0.15, 0.2) is 79.1 Å². The standard InChI is InChI=1S/C18H10O4/c19-17-9-7-13-11(3-1-5-15(13)21-17)12-4-2-6-16-14(12)8-10-18(20)22-16/h1-10H. The van der Waals surface area contributed by atoms with Crippen molar-refractivity contribution < 1.29 is 8.83 Å². The average molecular weight is 290 g/mol. The van der Waals surface area contributed by atoms with Crippen LogP contribution in [0, 0.1) is 0 Å². The fourth-order valence-electron chi connectivity index (χ4n) is 2.67. The van der Waals surface area contributed by atoms with E-state index in [1.54, 1.807) is 24.3 Å². The minimum absolute atomic E-state index is 0.381. The SMILES string of the molecule is O=c1ccc2c(-c3cccc4oc(=O)ccc34)cccc2o1. The van der Waals surface area contributed by atoms with Crippen molar-refractivity contribution >= 4 is 21.9 Å². The number of hydrogen-bond donors (Lipinski definition) is 0. The van der Waals surface area contributed by atoms with E-state index >= 15 is 0 Å². The minimum Gasteiger partial charge on any atom is -0.423 e. The van der Waals surface area contributed by atoms with Gasteiger partial charge in [0.25, 0.3) is 0 Å². The fourth-order valence-corrected chi connectivity index (χ4v) is 2.67. The van der Waals surface area contributed by atoms with Crippen LogP contribution in [0.5, 0.6) is 0 Å². The third-order valence-corrected chi connectivity index (χ3v) is 3.62. The van der Waals surface area contributed by atoms with Gasteiger partial charge in [0.1, 0.15) is 11.2 Å². The summed E-state index contributed by atoms with van der Waals surface area (Å²) in [6.07, 6.45) is 0. The van der Waals surface area contributed by atoms with Gasteiger partial charge in [0.15, 0.2) is 0 Å². The molecule has 0 bridgehead atoms. The van der Waals surface area contributed by atoms with E-state index in [-0.39, 0.29) is 11.3 Å². The second kappa shape index (κ2) is 4.70. The van der Waals surface area contributed by atoms with Crippen LogP contribution in [0.1, 0.15) is 0 Å². The van der Waals surface area contributed by atoms with Gasteiger partial charge < -0.3 is 8.83 Å². The number of benzene rings is 2. The number of hydrogen-bond acceptors (Lipinski definition) is 4. The van der Waals surface area contributed by atoms with E-state index in [4.69, 9.17) is 8.83 Å². The molecule has 4 aromatic rings. The van der Waals surface area contributed by atoms with Gasteiger partial charge in [0, 0.05) is 22.9 Å². The van der Waals surface area contributed by atoms with Gasteiger partial charge in [0.2, 0.25) is 0 Å². The predicted octanol–water partition coefficient (Wildman–Crippen LogP) is 3.57. The van der Waals surface area contributed by atoms with E-state index in [0.29, 0.717) is 11.2 Å². The normalized spacial score (nSPS) is 11.1. The molecule has 0 unspecified atom stereocenters. The molecule has 0 fully saturated rings. The summed E-state index contributed by atoms with van der Waals surface area (Å²) in [6.45, 7) is 0. The van der Waals surface area contributed by atoms with Crippen molar-refractivity contribution in [3.63, 3.8) is 0 Å². The van der Waals surface area contributed by atoms with Crippen molar-refractivity contribution in [2.45, 2.75) is 0 Å². The molecule has 2 aromatic heterocycles. The summed E-state index contributed by atoms with van der Waals surface area (Å²) in [5, 5.41) is 1.67. The Morgan fingerprint density at radius 1 is 0.545 bits per heavy atom. The zero-order valence-corrected chi connectivity index (χ0v) is 11.4. The zero-order chi connectivity index (χ0) is 15.1. The third kappa shape index (κ3) is 1.93. The molecule has 0 saturated heterocycles. The largest absolute Gasteiger partial charge is 0.423 e. The Balaban J connectivity index is 2.12. The van der Waals surface area contributed by atoms with Crippen LogP contribution < -0.4 is 11.3 Å². The maximum Gasteiger partial charge on any atom is 0.336 e. The Kier molecular flexibility index (Phi) is 2.69. The van der Waals surface area contributed by atoms with Crippen LogP contribution in [-0.2, 0) is 0 Å². The molecular formula is C18H10O4. The van der Waals surface area contributed by atoms with Crippen LogP contribution in [0.25, 0.3) is 33.1 Å². The summed E-state index contributed by atoms with van der Waals surface area (Å²) >= 11 is 0. The Labute approximate surface area is 124 Å². The first kappa shape index (κ1) is 12.6. The highest BCUT2D eigenvalue weighted by Crippen LogP contribution is 2.32. The van der Waals surface area contributed by atoms with Crippen molar-refractivity contribution in [1.82, 2.24) is 0 Å². The van der Waals surface area contributed by atoms with Gasteiger partial charge in [-0.05, 0) is 35.4 Å². The van der Waals surface area contributed by atoms with Gasteiger partial charge in [0.05, 0.1) is 0 Å². The Morgan fingerprint density at radius 3 is 1.45 bits per heavy atom. The van der Waals surface area contributed by atoms with Crippen LogP contribution in [0.4, 0.5) is 0 Å². The van der Waals surface area contributed by atoms with Crippen molar-refractivity contribution in [3.8, 4) is 11.1 Å². The first-order valence-electron chi connectivity index (χ1n) is 6.78. The highest BCUT2D eigenvalue weighted by atomic mass is 16.4. The highest BCUT2D eigenvalue weighted by Gasteiger charge is 2.10. The molecule has 0 aliphatic heterocycles. The summed E-state index contributed by atoms with van der Waals surface area (Å²) in [4.78, 5) is 22.7. The Hall–Kier alpha value is -3.14. The lowest BCUT2D eigenvalue weighted by molar-refractivity contribution is 0.560. The number of fused-ring (bicyclic) bond motifs is 2. The summed E-state index contributed by atoms with van der Waals surface area (Å²) in [7, 11) is 0. The number of rotatable bonds is 1. The van der Waals surface area contributed by atoms with Gasteiger partial charge in [-0.3, -0.25) is 0 Å². The van der Waals surface area contributed by atoms with Gasteiger partial charge in [-0.1, -0.05) is 24.3 Å². The average Bonchev–Trinajstić information content (AvgIpc) is 2.53. The molecule has 0 aliphatic carbocycles. The highest BCUT2D eigenvalue weighted by molar-refractivity contribution is 6.02. The molecule has 0 atom stereocenters. The topological polar surface area (TPSA) is 60.4 Å². The first-order chi connectivity index (χ1) is 10.7. The Bertz CT molecular complexity index is 1030. The molecule has 2 heterocycles. The predicted molar refractivity (Wildman–Crippen MR) is 84.0 cm³/mol. The fraction of sp³-hybridized carbons (Fsp3) is 0. The molecule has 0 saturated carbocycles. The van der Waals surface area contributed by atoms with Crippen LogP contribution in [0.2, 0.25) is 0 Å². The second-order valence-electron chi connectivity index (χ2n) is 4.94. The smallest absolute Gasteiger partial charge is 0.336 e. The molecule has 0 N–H and O–H groups in total. The van der Waals surface area contributed by atoms with Crippen molar-refractivity contribution in [2.24, 2.45) is 0 Å². The molecule has 4 rings (SSSR count). The lowest BCUT2D eigenvalue weighted by Gasteiger charge is -2.08. The molecule has 0 aliphatic rings. The summed E-state index contributed by atoms with van der Waals surface area (Å²) in [5.74, 6) is 0. The molecular weight excluding hydrogens is 280 g/mol. The first-order valence-corrected chi connectivity index (χ1v) is 6.78. The monoisotopic (exact) mass is 290 g/mol. The molecule has 2 aromatic carbocycles. The molecule has 22 heavy (non-hydrogen) atoms. The third-order valence-electron chi connectivity index (χ3n) is 3.62. The maximum absolute atomic E-state index is 11.4. The van der Waals surface area contributed by atoms with Gasteiger partial charge in [-0.15, -0.1) is 0 Å². The van der Waals surface area contributed by atoms with E-state index in [1.165, 1.54) is 12.1 Å². The van der Waals surface area contributed by atoms with E-state index in [2.05, 4.69) is 0 Å². The second-order valence-corrected chi connectivity index (χ2v) is 4.94. The molecule has 106 valence electrons. The van der Waals surface area contributed by atoms with Crippen LogP contribution in [-0.4, -0.2) is 0 Å². The Morgan fingerprint density at radius 2 is 1.00 bits per heavy atom. The molecule has 0 spiro atoms. The van der Waals surface area contributed by atoms with E-state index in [1.807, 2.05) is 24.3 Å². The molecule has 4 heteroatoms. The van der Waals surface area contributed by atoms with Gasteiger partial charge in [-0.25, -0.2) is 9.59 Å². The van der Waals surface area contributed by atoms with Gasteiger partial charge in [-0.2, -0.15) is 0 Å². The van der Waals surface area contributed by atoms with E-state index in [9.17, 15) is 9.59 Å². The minimum atomic E-state index is -0.381. The van der Waals surface area contributed by atoms with E-state index < -0.39 is 0 Å². The van der Waals surface area contributed by atoms with Crippen molar-refractivity contribution in [3.05, 3.63) is 81.5 Å². The molecule has 4 nitrogen and oxygen atoms in total. The van der Waals surface area contributed by atoms with Crippen molar-refractivity contribution in [1.29, 1.82) is 0 Å². The van der Waals surface area contributed by atoms with E-state index in [0.717, 1.165) is 21.9 Å². The molecule has 0 amide bonds. The van der Waals surface area contributed by atoms with Crippen molar-refractivity contribution in [2.75, 3.05) is 0 Å². The summed E-state index contributed by atoms with van der Waals surface area (Å²) in [5.41, 5.74) is 2.13. The lowest BCUT2D eigenvalue weighted by atomic mass is 9.98. The maximum atomic E-state index is 11.4.